The Kier molecular flexibility index (Phi) is 14.1. The van der Waals surface area contributed by atoms with Crippen LogP contribution < -0.4 is 0 Å². The molecule has 2 atom stereocenters. The fourth-order valence-electron chi connectivity index (χ4n) is 5.59. The molecule has 0 nitrogen and oxygen atoms in total. The maximum absolute atomic E-state index is 2.73. The predicted molar refractivity (Wildman–Crippen MR) is 133 cm³/mol. The first-order valence-corrected chi connectivity index (χ1v) is 16.4. The van der Waals surface area contributed by atoms with Gasteiger partial charge in [-0.05, 0) is 11.0 Å². The van der Waals surface area contributed by atoms with Crippen molar-refractivity contribution in [1.82, 2.24) is 0 Å². The molecule has 0 aliphatic carbocycles. The molecule has 28 heavy (non-hydrogen) atoms. The van der Waals surface area contributed by atoms with Crippen molar-refractivity contribution < 1.29 is 0 Å². The van der Waals surface area contributed by atoms with Crippen LogP contribution in [0.4, 0.5) is 0 Å². The standard InChI is InChI=1S/C27H56Si/c1-6-7-8-9-10-11-12-13-14-15-16-17-18-19-20-21-24-28(5)25-22-23-26(2)27(28,3)4/h26H,6-25H2,1-5H3. The summed E-state index contributed by atoms with van der Waals surface area (Å²) in [6.07, 6.45) is 26.7. The largest absolute Gasteiger partial charge is 0.0688 e. The third-order valence-corrected chi connectivity index (χ3v) is 15.3. The van der Waals surface area contributed by atoms with Gasteiger partial charge in [-0.1, -0.05) is 162 Å². The van der Waals surface area contributed by atoms with Crippen LogP contribution >= 0.6 is 0 Å². The van der Waals surface area contributed by atoms with E-state index in [9.17, 15) is 0 Å². The Hall–Kier alpha value is 0.217. The summed E-state index contributed by atoms with van der Waals surface area (Å²) >= 11 is 0. The summed E-state index contributed by atoms with van der Waals surface area (Å²) in [5.74, 6) is 0.957. The second kappa shape index (κ2) is 15.1. The summed E-state index contributed by atoms with van der Waals surface area (Å²) in [7, 11) is -1.03. The molecule has 0 N–H and O–H groups in total. The summed E-state index contributed by atoms with van der Waals surface area (Å²) in [6, 6.07) is 3.20. The molecule has 0 aromatic heterocycles. The minimum absolute atomic E-state index is 0.667. The van der Waals surface area contributed by atoms with E-state index in [1.54, 1.807) is 12.1 Å². The Morgan fingerprint density at radius 2 is 1.07 bits per heavy atom. The molecule has 0 spiro atoms. The Morgan fingerprint density at radius 3 is 1.50 bits per heavy atom. The van der Waals surface area contributed by atoms with E-state index in [0.29, 0.717) is 5.04 Å². The highest BCUT2D eigenvalue weighted by molar-refractivity contribution is 6.81. The second-order valence-electron chi connectivity index (χ2n) is 11.1. The third-order valence-electron chi connectivity index (χ3n) is 8.74. The van der Waals surface area contributed by atoms with Crippen LogP contribution in [-0.4, -0.2) is 8.07 Å². The molecule has 0 amide bonds. The minimum Gasteiger partial charge on any atom is -0.0688 e. The van der Waals surface area contributed by atoms with Gasteiger partial charge in [0.2, 0.25) is 0 Å². The monoisotopic (exact) mass is 408 g/mol. The third kappa shape index (κ3) is 9.81. The van der Waals surface area contributed by atoms with Crippen LogP contribution in [0.2, 0.25) is 23.7 Å². The van der Waals surface area contributed by atoms with Gasteiger partial charge in [-0.2, -0.15) is 0 Å². The summed E-state index contributed by atoms with van der Waals surface area (Å²) < 4.78 is 0. The second-order valence-corrected chi connectivity index (χ2v) is 16.5. The molecule has 1 fully saturated rings. The normalized spacial score (nSPS) is 24.5. The summed E-state index contributed by atoms with van der Waals surface area (Å²) in [5, 5.41) is 0.667. The van der Waals surface area contributed by atoms with Crippen molar-refractivity contribution in [2.75, 3.05) is 0 Å². The van der Waals surface area contributed by atoms with Gasteiger partial charge in [0.1, 0.15) is 0 Å². The van der Waals surface area contributed by atoms with Crippen LogP contribution in [0.1, 0.15) is 143 Å². The fourth-order valence-corrected chi connectivity index (χ4v) is 10.5. The zero-order valence-corrected chi connectivity index (χ0v) is 21.7. The van der Waals surface area contributed by atoms with Crippen molar-refractivity contribution in [3.63, 3.8) is 0 Å². The number of unbranched alkanes of at least 4 members (excludes halogenated alkanes) is 15. The van der Waals surface area contributed by atoms with E-state index in [1.807, 2.05) is 0 Å². The summed E-state index contributed by atoms with van der Waals surface area (Å²) in [6.45, 7) is 12.8. The average Bonchev–Trinajstić information content (AvgIpc) is 2.66. The van der Waals surface area contributed by atoms with Crippen molar-refractivity contribution in [2.45, 2.75) is 167 Å². The average molecular weight is 409 g/mol. The SMILES string of the molecule is CCCCCCCCCCCCCCCCCC[Si]1(C)CCCC(C)C1(C)C. The Morgan fingerprint density at radius 1 is 0.679 bits per heavy atom. The maximum Gasteiger partial charge on any atom is 0.0564 e. The van der Waals surface area contributed by atoms with Crippen molar-refractivity contribution in [1.29, 1.82) is 0 Å². The quantitative estimate of drug-likeness (QED) is 0.166. The van der Waals surface area contributed by atoms with Crippen LogP contribution in [0.15, 0.2) is 0 Å². The molecule has 1 aliphatic rings. The van der Waals surface area contributed by atoms with Crippen LogP contribution in [0.5, 0.6) is 0 Å². The minimum atomic E-state index is -1.03. The van der Waals surface area contributed by atoms with Gasteiger partial charge in [0.05, 0.1) is 8.07 Å². The lowest BCUT2D eigenvalue weighted by atomic mass is 9.91. The number of hydrogen-bond acceptors (Lipinski definition) is 0. The molecule has 0 bridgehead atoms. The Labute approximate surface area is 181 Å². The predicted octanol–water partition coefficient (Wildman–Crippen LogP) is 10.5. The highest BCUT2D eigenvalue weighted by atomic mass is 28.3. The van der Waals surface area contributed by atoms with Crippen LogP contribution in [0.3, 0.4) is 0 Å². The summed E-state index contributed by atoms with van der Waals surface area (Å²) in [4.78, 5) is 0. The van der Waals surface area contributed by atoms with Crippen molar-refractivity contribution in [3.05, 3.63) is 0 Å². The molecule has 168 valence electrons. The highest BCUT2D eigenvalue weighted by Gasteiger charge is 2.47. The molecular weight excluding hydrogens is 352 g/mol. The lowest BCUT2D eigenvalue weighted by Gasteiger charge is -2.51. The van der Waals surface area contributed by atoms with Gasteiger partial charge in [-0.15, -0.1) is 0 Å². The molecule has 2 unspecified atom stereocenters. The molecule has 1 saturated heterocycles. The van der Waals surface area contributed by atoms with Gasteiger partial charge in [-0.25, -0.2) is 0 Å². The summed E-state index contributed by atoms with van der Waals surface area (Å²) in [5.41, 5.74) is 0. The first kappa shape index (κ1) is 26.3. The fraction of sp³-hybridized carbons (Fsp3) is 1.00. The zero-order valence-electron chi connectivity index (χ0n) is 20.7. The van der Waals surface area contributed by atoms with E-state index in [4.69, 9.17) is 0 Å². The van der Waals surface area contributed by atoms with Crippen molar-refractivity contribution in [3.8, 4) is 0 Å². The van der Waals surface area contributed by atoms with E-state index >= 15 is 0 Å². The lowest BCUT2D eigenvalue weighted by molar-refractivity contribution is 0.362. The molecular formula is C27H56Si. The number of hydrogen-bond donors (Lipinski definition) is 0. The first-order valence-electron chi connectivity index (χ1n) is 13.4. The molecule has 1 aliphatic heterocycles. The van der Waals surface area contributed by atoms with Crippen LogP contribution in [-0.2, 0) is 0 Å². The molecule has 0 radical (unpaired) electrons. The lowest BCUT2D eigenvalue weighted by Crippen LogP contribution is -2.48. The van der Waals surface area contributed by atoms with Gasteiger partial charge in [-0.3, -0.25) is 0 Å². The molecule has 0 aromatic rings. The van der Waals surface area contributed by atoms with Crippen LogP contribution in [0.25, 0.3) is 0 Å². The van der Waals surface area contributed by atoms with E-state index in [0.717, 1.165) is 5.92 Å². The van der Waals surface area contributed by atoms with Crippen molar-refractivity contribution in [2.24, 2.45) is 5.92 Å². The van der Waals surface area contributed by atoms with Gasteiger partial charge in [0.15, 0.2) is 0 Å². The molecule has 1 heteroatoms. The number of rotatable bonds is 17. The van der Waals surface area contributed by atoms with E-state index < -0.39 is 8.07 Å². The Balaban J connectivity index is 1.88. The molecule has 0 saturated carbocycles. The van der Waals surface area contributed by atoms with Gasteiger partial charge < -0.3 is 0 Å². The van der Waals surface area contributed by atoms with E-state index in [1.165, 1.54) is 116 Å². The first-order chi connectivity index (χ1) is 13.4. The highest BCUT2D eigenvalue weighted by Crippen LogP contribution is 2.54. The van der Waals surface area contributed by atoms with Gasteiger partial charge in [0, 0.05) is 0 Å². The van der Waals surface area contributed by atoms with Crippen molar-refractivity contribution >= 4 is 8.07 Å². The van der Waals surface area contributed by atoms with E-state index in [2.05, 4.69) is 34.2 Å². The molecule has 0 aromatic carbocycles. The Bertz CT molecular complexity index is 361. The van der Waals surface area contributed by atoms with Gasteiger partial charge in [0.25, 0.3) is 0 Å². The van der Waals surface area contributed by atoms with Gasteiger partial charge >= 0.3 is 0 Å². The van der Waals surface area contributed by atoms with Crippen LogP contribution in [0, 0.1) is 5.92 Å². The maximum atomic E-state index is 2.73. The smallest absolute Gasteiger partial charge is 0.0564 e. The topological polar surface area (TPSA) is 0 Å². The molecule has 1 rings (SSSR count). The van der Waals surface area contributed by atoms with E-state index in [-0.39, 0.29) is 0 Å². The molecule has 1 heterocycles. The zero-order chi connectivity index (χ0) is 20.7.